The fourth-order valence-corrected chi connectivity index (χ4v) is 4.80. The van der Waals surface area contributed by atoms with Gasteiger partial charge in [-0.1, -0.05) is 23.7 Å². The van der Waals surface area contributed by atoms with Crippen LogP contribution in [0.5, 0.6) is 0 Å². The Bertz CT molecular complexity index is 927. The molecule has 1 aromatic carbocycles. The molecular weight excluding hydrogens is 400 g/mol. The zero-order valence-electron chi connectivity index (χ0n) is 17.5. The Hall–Kier alpha value is -1.89. The third-order valence-electron chi connectivity index (χ3n) is 6.84. The lowest BCUT2D eigenvalue weighted by atomic mass is 9.83. The summed E-state index contributed by atoms with van der Waals surface area (Å²) in [6.45, 7) is 4.19. The number of likely N-dealkylation sites (tertiary alicyclic amines) is 1. The van der Waals surface area contributed by atoms with Crippen molar-refractivity contribution in [2.45, 2.75) is 50.9 Å². The van der Waals surface area contributed by atoms with Crippen LogP contribution >= 0.6 is 11.6 Å². The number of piperidine rings is 1. The second-order valence-corrected chi connectivity index (χ2v) is 9.54. The van der Waals surface area contributed by atoms with Gasteiger partial charge in [-0.05, 0) is 49.3 Å². The lowest BCUT2D eigenvalue weighted by Gasteiger charge is -2.44. The van der Waals surface area contributed by atoms with Crippen LogP contribution in [0.3, 0.4) is 0 Å². The second-order valence-electron chi connectivity index (χ2n) is 9.10. The molecule has 2 aromatic rings. The van der Waals surface area contributed by atoms with Crippen molar-refractivity contribution in [3.63, 3.8) is 0 Å². The fraction of sp³-hybridized carbons (Fsp3) is 0.565. The minimum Gasteiger partial charge on any atom is -0.370 e. The van der Waals surface area contributed by atoms with Gasteiger partial charge in [-0.25, -0.2) is 0 Å². The Morgan fingerprint density at radius 2 is 2.00 bits per heavy atom. The van der Waals surface area contributed by atoms with Gasteiger partial charge in [0.05, 0.1) is 12.2 Å². The zero-order chi connectivity index (χ0) is 20.7. The molecule has 1 saturated heterocycles. The van der Waals surface area contributed by atoms with Gasteiger partial charge in [0.25, 0.3) is 5.91 Å². The van der Waals surface area contributed by atoms with Crippen LogP contribution in [0.15, 0.2) is 24.3 Å². The van der Waals surface area contributed by atoms with Crippen LogP contribution in [0.4, 0.5) is 0 Å². The first-order valence-electron chi connectivity index (χ1n) is 11.0. The van der Waals surface area contributed by atoms with E-state index in [2.05, 4.69) is 27.4 Å². The third-order valence-corrected chi connectivity index (χ3v) is 7.09. The molecule has 160 valence electrons. The number of aryl methyl sites for hydroxylation is 1. The van der Waals surface area contributed by atoms with Crippen molar-refractivity contribution in [2.75, 3.05) is 19.6 Å². The lowest BCUT2D eigenvalue weighted by Crippen LogP contribution is -2.49. The zero-order valence-corrected chi connectivity index (χ0v) is 18.2. The molecule has 2 fully saturated rings. The van der Waals surface area contributed by atoms with E-state index in [4.69, 9.17) is 16.3 Å². The minimum atomic E-state index is -0.140. The maximum atomic E-state index is 12.6. The molecule has 0 atom stereocenters. The van der Waals surface area contributed by atoms with E-state index in [1.165, 1.54) is 18.4 Å². The molecule has 3 aliphatic rings. The molecule has 0 radical (unpaired) electrons. The van der Waals surface area contributed by atoms with E-state index in [1.54, 1.807) is 0 Å². The second kappa shape index (κ2) is 7.98. The highest BCUT2D eigenvalue weighted by Crippen LogP contribution is 2.37. The molecule has 2 aliphatic heterocycles. The van der Waals surface area contributed by atoms with E-state index in [0.29, 0.717) is 18.2 Å². The number of rotatable bonds is 5. The molecular formula is C23H29ClN4O2. The molecule has 6 nitrogen and oxygen atoms in total. The number of aromatic nitrogens is 2. The van der Waals surface area contributed by atoms with E-state index in [0.717, 1.165) is 61.7 Å². The van der Waals surface area contributed by atoms with Gasteiger partial charge < -0.3 is 10.1 Å². The first-order chi connectivity index (χ1) is 14.5. The smallest absolute Gasteiger partial charge is 0.272 e. The molecule has 1 aliphatic carbocycles. The highest BCUT2D eigenvalue weighted by Gasteiger charge is 2.41. The summed E-state index contributed by atoms with van der Waals surface area (Å²) in [5.41, 5.74) is 3.82. The van der Waals surface area contributed by atoms with E-state index >= 15 is 0 Å². The van der Waals surface area contributed by atoms with Gasteiger partial charge in [0.15, 0.2) is 5.69 Å². The first kappa shape index (κ1) is 20.0. The van der Waals surface area contributed by atoms with Crippen molar-refractivity contribution in [3.8, 4) is 0 Å². The number of amides is 1. The van der Waals surface area contributed by atoms with Gasteiger partial charge in [0.2, 0.25) is 0 Å². The van der Waals surface area contributed by atoms with Gasteiger partial charge in [-0.3, -0.25) is 14.4 Å². The quantitative estimate of drug-likeness (QED) is 0.793. The number of nitrogens with one attached hydrogen (secondary N) is 1. The summed E-state index contributed by atoms with van der Waals surface area (Å²) in [4.78, 5) is 15.1. The number of halogens is 1. The molecule has 1 saturated carbocycles. The number of hydrogen-bond donors (Lipinski definition) is 1. The van der Waals surface area contributed by atoms with Crippen LogP contribution in [0.2, 0.25) is 5.02 Å². The lowest BCUT2D eigenvalue weighted by molar-refractivity contribution is -0.104. The van der Waals surface area contributed by atoms with Gasteiger partial charge >= 0.3 is 0 Å². The number of fused-ring (bicyclic) bond motifs is 1. The Kier molecular flexibility index (Phi) is 5.33. The molecule has 1 aromatic heterocycles. The van der Waals surface area contributed by atoms with Crippen LogP contribution in [0.1, 0.15) is 53.0 Å². The van der Waals surface area contributed by atoms with Gasteiger partial charge in [-0.2, -0.15) is 5.10 Å². The molecule has 0 unspecified atom stereocenters. The maximum absolute atomic E-state index is 12.6. The summed E-state index contributed by atoms with van der Waals surface area (Å²) in [5.74, 6) is 0.599. The van der Waals surface area contributed by atoms with Gasteiger partial charge in [0.1, 0.15) is 0 Å². The predicted octanol–water partition coefficient (Wildman–Crippen LogP) is 3.32. The largest absolute Gasteiger partial charge is 0.370 e. The van der Waals surface area contributed by atoms with Crippen LogP contribution in [0, 0.1) is 5.92 Å². The van der Waals surface area contributed by atoms with E-state index in [-0.39, 0.29) is 11.5 Å². The average molecular weight is 429 g/mol. The van der Waals surface area contributed by atoms with Crippen molar-refractivity contribution in [1.29, 1.82) is 0 Å². The van der Waals surface area contributed by atoms with Crippen LogP contribution in [-0.4, -0.2) is 45.8 Å². The summed E-state index contributed by atoms with van der Waals surface area (Å²) >= 11 is 6.00. The molecule has 3 heterocycles. The summed E-state index contributed by atoms with van der Waals surface area (Å²) in [7, 11) is 1.95. The number of ether oxygens (including phenoxy) is 1. The maximum Gasteiger partial charge on any atom is 0.272 e. The molecule has 5 rings (SSSR count). The molecule has 1 amide bonds. The van der Waals surface area contributed by atoms with Crippen LogP contribution in [0.25, 0.3) is 0 Å². The number of nitrogens with zero attached hydrogens (tertiary/aromatic N) is 3. The summed E-state index contributed by atoms with van der Waals surface area (Å²) in [6, 6.07) is 8.10. The molecule has 1 N–H and O–H groups in total. The average Bonchev–Trinajstić information content (AvgIpc) is 3.53. The minimum absolute atomic E-state index is 0.0592. The standard InChI is InChI=1S/C23H29ClN4O2/c1-27-20-12-23(8-10-28(11-9-23)14-17-4-6-18(24)7-5-17)30-15-19(20)21(26-27)22(29)25-13-16-2-3-16/h4-7,16H,2-3,8-15H2,1H3,(H,25,29). The monoisotopic (exact) mass is 428 g/mol. The Morgan fingerprint density at radius 3 is 2.70 bits per heavy atom. The number of carbonyl (C=O) groups excluding carboxylic acids is 1. The number of benzene rings is 1. The summed E-state index contributed by atoms with van der Waals surface area (Å²) in [5, 5.41) is 8.37. The Morgan fingerprint density at radius 1 is 1.27 bits per heavy atom. The number of carbonyl (C=O) groups is 1. The van der Waals surface area contributed by atoms with Crippen molar-refractivity contribution in [2.24, 2.45) is 13.0 Å². The molecule has 0 bridgehead atoms. The Balaban J connectivity index is 1.22. The van der Waals surface area contributed by atoms with E-state index in [1.807, 2.05) is 23.9 Å². The third kappa shape index (κ3) is 4.13. The van der Waals surface area contributed by atoms with Crippen molar-refractivity contribution < 1.29 is 9.53 Å². The summed E-state index contributed by atoms with van der Waals surface area (Å²) < 4.78 is 8.31. The van der Waals surface area contributed by atoms with E-state index in [9.17, 15) is 4.79 Å². The Labute approximate surface area is 182 Å². The number of hydrogen-bond acceptors (Lipinski definition) is 4. The molecule has 7 heteroatoms. The van der Waals surface area contributed by atoms with Crippen molar-refractivity contribution in [1.82, 2.24) is 20.0 Å². The highest BCUT2D eigenvalue weighted by molar-refractivity contribution is 6.30. The van der Waals surface area contributed by atoms with Gasteiger partial charge in [-0.15, -0.1) is 0 Å². The van der Waals surface area contributed by atoms with Crippen LogP contribution in [-0.2, 0) is 31.4 Å². The van der Waals surface area contributed by atoms with Crippen LogP contribution < -0.4 is 5.32 Å². The topological polar surface area (TPSA) is 59.4 Å². The predicted molar refractivity (Wildman–Crippen MR) is 115 cm³/mol. The highest BCUT2D eigenvalue weighted by atomic mass is 35.5. The van der Waals surface area contributed by atoms with Crippen molar-refractivity contribution >= 4 is 17.5 Å². The van der Waals surface area contributed by atoms with Gasteiger partial charge in [0, 0.05) is 55.9 Å². The normalized spacial score (nSPS) is 20.9. The summed E-state index contributed by atoms with van der Waals surface area (Å²) in [6.07, 6.45) is 5.27. The molecule has 30 heavy (non-hydrogen) atoms. The molecule has 1 spiro atoms. The van der Waals surface area contributed by atoms with E-state index < -0.39 is 0 Å². The van der Waals surface area contributed by atoms with Crippen molar-refractivity contribution in [3.05, 3.63) is 51.8 Å². The fourth-order valence-electron chi connectivity index (χ4n) is 4.67. The first-order valence-corrected chi connectivity index (χ1v) is 11.3. The SMILES string of the molecule is Cn1nc(C(=O)NCC2CC2)c2c1CC1(CCN(Cc3ccc(Cl)cc3)CC1)OC2.